The summed E-state index contributed by atoms with van der Waals surface area (Å²) in [6.07, 6.45) is -4.45. The predicted octanol–water partition coefficient (Wildman–Crippen LogP) is -3.74. The van der Waals surface area contributed by atoms with Crippen LogP contribution in [0.5, 0.6) is 0 Å². The number of carbonyl (C=O) groups is 6. The quantitative estimate of drug-likeness (QED) is 0.130. The Morgan fingerprint density at radius 2 is 0.767 bits per heavy atom. The number of aliphatic carboxylic acids is 2. The van der Waals surface area contributed by atoms with E-state index in [9.17, 15) is 59.4 Å². The van der Waals surface area contributed by atoms with E-state index in [0.717, 1.165) is 0 Å². The third-order valence-corrected chi connectivity index (χ3v) is 3.67. The van der Waals surface area contributed by atoms with Gasteiger partial charge in [-0.05, 0) is 27.7 Å². The van der Waals surface area contributed by atoms with Crippen molar-refractivity contribution in [1.82, 2.24) is 0 Å². The summed E-state index contributed by atoms with van der Waals surface area (Å²) < 4.78 is 18.1. The van der Waals surface area contributed by atoms with Crippen LogP contribution in [0.4, 0.5) is 0 Å². The molecular formula is C26H44O16Zr. The molecule has 2 unspecified atom stereocenters. The van der Waals surface area contributed by atoms with Crippen LogP contribution in [0.2, 0.25) is 0 Å². The summed E-state index contributed by atoms with van der Waals surface area (Å²) in [6, 6.07) is 0. The summed E-state index contributed by atoms with van der Waals surface area (Å²) in [5.74, 6) is -7.46. The minimum atomic E-state index is -2.44. The summed E-state index contributed by atoms with van der Waals surface area (Å²) in [5.41, 5.74) is -4.89. The van der Waals surface area contributed by atoms with Gasteiger partial charge in [0.2, 0.25) is 0 Å². The number of hydrogen-bond acceptors (Lipinski definition) is 16. The second-order valence-electron chi connectivity index (χ2n) is 8.66. The van der Waals surface area contributed by atoms with Crippen LogP contribution in [0.1, 0.15) is 81.1 Å². The van der Waals surface area contributed by atoms with Gasteiger partial charge in [0.15, 0.2) is 11.2 Å². The Morgan fingerprint density at radius 1 is 0.558 bits per heavy atom. The van der Waals surface area contributed by atoms with Crippen LogP contribution in [0.25, 0.3) is 0 Å². The summed E-state index contributed by atoms with van der Waals surface area (Å²) >= 11 is 0. The van der Waals surface area contributed by atoms with E-state index in [2.05, 4.69) is 18.9 Å². The predicted molar refractivity (Wildman–Crippen MR) is 135 cm³/mol. The Balaban J connectivity index is -0.000000175. The SMILES string of the molecule is CC(C)[O-].CC(C)[O-].CCOC(=O)CC(O)(CC(=O)[O-])C(=O)OCC.CCOC(=O)CC(O)(CC(=O)[O-])C(=O)OCC.[Zr+4]. The number of hydrogen-bond donors (Lipinski definition) is 2. The number of rotatable bonds is 14. The van der Waals surface area contributed by atoms with Gasteiger partial charge in [-0.25, -0.2) is 9.59 Å². The monoisotopic (exact) mass is 702 g/mol. The van der Waals surface area contributed by atoms with Crippen LogP contribution in [-0.4, -0.2) is 95.9 Å². The van der Waals surface area contributed by atoms with Crippen molar-refractivity contribution in [1.29, 1.82) is 0 Å². The average Bonchev–Trinajstić information content (AvgIpc) is 2.78. The fourth-order valence-corrected chi connectivity index (χ4v) is 2.32. The van der Waals surface area contributed by atoms with Gasteiger partial charge in [-0.15, -0.1) is 12.2 Å². The zero-order chi connectivity index (χ0) is 34.1. The van der Waals surface area contributed by atoms with E-state index in [1.165, 1.54) is 13.8 Å². The Bertz CT molecular complexity index is 745. The Hall–Kier alpha value is -2.46. The van der Waals surface area contributed by atoms with E-state index in [-0.39, 0.29) is 52.6 Å². The Morgan fingerprint density at radius 3 is 0.930 bits per heavy atom. The minimum absolute atomic E-state index is 0. The van der Waals surface area contributed by atoms with E-state index in [1.54, 1.807) is 41.5 Å². The first-order valence-electron chi connectivity index (χ1n) is 13.0. The molecule has 0 aromatic rings. The van der Waals surface area contributed by atoms with Crippen molar-refractivity contribution in [2.45, 2.75) is 104 Å². The smallest absolute Gasteiger partial charge is 0.852 e. The van der Waals surface area contributed by atoms with Crippen LogP contribution < -0.4 is 20.4 Å². The first-order valence-corrected chi connectivity index (χ1v) is 13.0. The molecule has 2 atom stereocenters. The molecule has 0 amide bonds. The van der Waals surface area contributed by atoms with Crippen molar-refractivity contribution >= 4 is 35.8 Å². The molecule has 248 valence electrons. The maximum absolute atomic E-state index is 11.4. The van der Waals surface area contributed by atoms with Gasteiger partial charge >= 0.3 is 50.1 Å². The van der Waals surface area contributed by atoms with Gasteiger partial charge in [0, 0.05) is 24.8 Å². The Labute approximate surface area is 270 Å². The number of carboxylic acid groups (broad SMARTS) is 2. The van der Waals surface area contributed by atoms with Crippen molar-refractivity contribution in [3.8, 4) is 0 Å². The number of esters is 4. The topological polar surface area (TPSA) is 272 Å². The van der Waals surface area contributed by atoms with Gasteiger partial charge in [-0.1, -0.05) is 27.7 Å². The second-order valence-corrected chi connectivity index (χ2v) is 8.66. The first-order chi connectivity index (χ1) is 19.2. The first kappa shape index (κ1) is 50.2. The van der Waals surface area contributed by atoms with Crippen molar-refractivity contribution in [2.24, 2.45) is 0 Å². The molecule has 0 aromatic heterocycles. The van der Waals surface area contributed by atoms with Crippen LogP contribution in [0, 0.1) is 0 Å². The van der Waals surface area contributed by atoms with Gasteiger partial charge < -0.3 is 59.2 Å². The molecule has 0 aromatic carbocycles. The number of aliphatic hydroxyl groups is 2. The van der Waals surface area contributed by atoms with Gasteiger partial charge in [-0.2, -0.15) is 0 Å². The van der Waals surface area contributed by atoms with Crippen molar-refractivity contribution in [2.75, 3.05) is 26.4 Å². The largest absolute Gasteiger partial charge is 4.00 e. The molecule has 0 saturated heterocycles. The molecule has 0 rings (SSSR count). The van der Waals surface area contributed by atoms with Crippen LogP contribution >= 0.6 is 0 Å². The van der Waals surface area contributed by atoms with Crippen LogP contribution in [-0.2, 0) is 73.9 Å². The van der Waals surface area contributed by atoms with Gasteiger partial charge in [0.1, 0.15) is 0 Å². The molecule has 0 saturated carbocycles. The molecule has 43 heavy (non-hydrogen) atoms. The molecule has 0 spiro atoms. The van der Waals surface area contributed by atoms with E-state index < -0.39 is 84.9 Å². The fraction of sp³-hybridized carbons (Fsp3) is 0.769. The third-order valence-electron chi connectivity index (χ3n) is 3.67. The normalized spacial score (nSPS) is 12.4. The molecule has 0 fully saturated rings. The van der Waals surface area contributed by atoms with Crippen LogP contribution in [0.3, 0.4) is 0 Å². The molecule has 2 N–H and O–H groups in total. The van der Waals surface area contributed by atoms with Gasteiger partial charge in [0.25, 0.3) is 0 Å². The second kappa shape index (κ2) is 28.3. The molecule has 0 aliphatic rings. The molecule has 0 radical (unpaired) electrons. The molecular weight excluding hydrogens is 659 g/mol. The maximum Gasteiger partial charge on any atom is 4.00 e. The summed E-state index contributed by atoms with van der Waals surface area (Å²) in [4.78, 5) is 65.9. The molecule has 0 bridgehead atoms. The summed E-state index contributed by atoms with van der Waals surface area (Å²) in [5, 5.41) is 59.5. The number of ether oxygens (including phenoxy) is 4. The molecule has 0 aliphatic heterocycles. The zero-order valence-electron chi connectivity index (χ0n) is 25.9. The number of carbonyl (C=O) groups excluding carboxylic acids is 6. The fourth-order valence-electron chi connectivity index (χ4n) is 2.32. The summed E-state index contributed by atoms with van der Waals surface area (Å²) in [7, 11) is 0. The van der Waals surface area contributed by atoms with Crippen molar-refractivity contribution in [3.05, 3.63) is 0 Å². The zero-order valence-corrected chi connectivity index (χ0v) is 28.4. The van der Waals surface area contributed by atoms with Crippen LogP contribution in [0.15, 0.2) is 0 Å². The minimum Gasteiger partial charge on any atom is -0.852 e. The third kappa shape index (κ3) is 32.3. The van der Waals surface area contributed by atoms with E-state index in [0.29, 0.717) is 0 Å². The molecule has 17 heteroatoms. The molecule has 0 heterocycles. The van der Waals surface area contributed by atoms with E-state index >= 15 is 0 Å². The van der Waals surface area contributed by atoms with E-state index in [1.807, 2.05) is 0 Å². The van der Waals surface area contributed by atoms with Gasteiger partial charge in [-0.3, -0.25) is 9.59 Å². The molecule has 0 aliphatic carbocycles. The van der Waals surface area contributed by atoms with E-state index in [4.69, 9.17) is 0 Å². The molecule has 16 nitrogen and oxygen atoms in total. The standard InChI is InChI=1S/2C10H16O7.2C3H7O.Zr/c2*1-3-16-8(13)6-10(15,5-7(11)12)9(14)17-4-2;2*1-3(2)4;/h2*15H,3-6H2,1-2H3,(H,11,12);2*3H,1-2H3;/q;;2*-1;+4/p-2. The average molecular weight is 704 g/mol. The Kier molecular flexibility index (Phi) is 33.1. The van der Waals surface area contributed by atoms with Gasteiger partial charge in [0.05, 0.1) is 39.3 Å². The maximum atomic E-state index is 11.4. The summed E-state index contributed by atoms with van der Waals surface area (Å²) in [6.45, 7) is 12.5. The van der Waals surface area contributed by atoms with Crippen molar-refractivity contribution < 1.29 is 105 Å². The number of carboxylic acids is 2. The van der Waals surface area contributed by atoms with Crippen molar-refractivity contribution in [3.63, 3.8) is 0 Å².